The Bertz CT molecular complexity index is 560. The van der Waals surface area contributed by atoms with Gasteiger partial charge in [0.25, 0.3) is 0 Å². The van der Waals surface area contributed by atoms with Crippen molar-refractivity contribution in [1.82, 2.24) is 10.3 Å². The predicted molar refractivity (Wildman–Crippen MR) is 87.6 cm³/mol. The number of hydrogen-bond acceptors (Lipinski definition) is 3. The zero-order valence-corrected chi connectivity index (χ0v) is 13.7. The molecule has 0 radical (unpaired) electrons. The lowest BCUT2D eigenvalue weighted by Gasteiger charge is -2.18. The van der Waals surface area contributed by atoms with Gasteiger partial charge in [-0.3, -0.25) is 0 Å². The summed E-state index contributed by atoms with van der Waals surface area (Å²) in [5.74, 6) is 0. The van der Waals surface area contributed by atoms with Gasteiger partial charge in [-0.05, 0) is 44.9 Å². The quantitative estimate of drug-likeness (QED) is 0.874. The van der Waals surface area contributed by atoms with Crippen LogP contribution in [0.2, 0.25) is 0 Å². The van der Waals surface area contributed by atoms with Crippen molar-refractivity contribution in [3.05, 3.63) is 51.0 Å². The largest absolute Gasteiger partial charge is 0.314 e. The van der Waals surface area contributed by atoms with Crippen molar-refractivity contribution in [1.29, 1.82) is 0 Å². The summed E-state index contributed by atoms with van der Waals surface area (Å²) in [6.45, 7) is 9.60. The molecule has 2 rings (SSSR count). The number of benzene rings is 1. The summed E-state index contributed by atoms with van der Waals surface area (Å²) in [7, 11) is 0. The minimum atomic E-state index is 0.460. The van der Waals surface area contributed by atoms with Crippen LogP contribution in [0.25, 0.3) is 0 Å². The highest BCUT2D eigenvalue weighted by molar-refractivity contribution is 7.09. The van der Waals surface area contributed by atoms with Crippen LogP contribution in [0, 0.1) is 20.8 Å². The third-order valence-electron chi connectivity index (χ3n) is 3.59. The second-order valence-corrected chi connectivity index (χ2v) is 6.51. The number of nitrogens with one attached hydrogen (secondary N) is 1. The molecule has 1 unspecified atom stereocenters. The van der Waals surface area contributed by atoms with Gasteiger partial charge < -0.3 is 5.32 Å². The van der Waals surface area contributed by atoms with Crippen LogP contribution in [-0.4, -0.2) is 17.6 Å². The van der Waals surface area contributed by atoms with Gasteiger partial charge in [0.2, 0.25) is 0 Å². The normalized spacial score (nSPS) is 12.6. The maximum Gasteiger partial charge on any atom is 0.0897 e. The smallest absolute Gasteiger partial charge is 0.0897 e. The van der Waals surface area contributed by atoms with E-state index in [1.807, 2.05) is 0 Å². The topological polar surface area (TPSA) is 24.9 Å². The van der Waals surface area contributed by atoms with E-state index in [1.54, 1.807) is 11.3 Å². The maximum absolute atomic E-state index is 4.59. The number of aryl methyl sites for hydroxylation is 3. The van der Waals surface area contributed by atoms with Crippen molar-refractivity contribution < 1.29 is 0 Å². The molecule has 108 valence electrons. The van der Waals surface area contributed by atoms with Crippen LogP contribution in [0.5, 0.6) is 0 Å². The average Bonchev–Trinajstić information content (AvgIpc) is 2.79. The number of nitrogens with zero attached hydrogens (tertiary/aromatic N) is 1. The molecule has 0 bridgehead atoms. The number of thiazole rings is 1. The van der Waals surface area contributed by atoms with Gasteiger partial charge in [-0.1, -0.05) is 30.7 Å². The van der Waals surface area contributed by atoms with E-state index in [2.05, 4.69) is 61.6 Å². The molecule has 20 heavy (non-hydrogen) atoms. The molecule has 3 heteroatoms. The van der Waals surface area contributed by atoms with Gasteiger partial charge >= 0.3 is 0 Å². The Morgan fingerprint density at radius 3 is 2.65 bits per heavy atom. The summed E-state index contributed by atoms with van der Waals surface area (Å²) in [5, 5.41) is 6.94. The van der Waals surface area contributed by atoms with Crippen LogP contribution < -0.4 is 5.32 Å². The van der Waals surface area contributed by atoms with Crippen LogP contribution in [-0.2, 0) is 12.8 Å². The average molecular weight is 288 g/mol. The first-order valence-corrected chi connectivity index (χ1v) is 8.17. The molecule has 0 aliphatic heterocycles. The molecule has 0 saturated carbocycles. The molecule has 0 amide bonds. The van der Waals surface area contributed by atoms with Crippen molar-refractivity contribution in [2.24, 2.45) is 0 Å². The van der Waals surface area contributed by atoms with Gasteiger partial charge in [-0.15, -0.1) is 11.3 Å². The zero-order valence-electron chi connectivity index (χ0n) is 12.9. The molecule has 2 nitrogen and oxygen atoms in total. The molecule has 2 aromatic rings. The number of hydrogen-bond donors (Lipinski definition) is 1. The molecular weight excluding hydrogens is 264 g/mol. The molecular formula is C17H24N2S. The van der Waals surface area contributed by atoms with Crippen LogP contribution in [0.15, 0.2) is 23.6 Å². The lowest BCUT2D eigenvalue weighted by molar-refractivity contribution is 0.516. The van der Waals surface area contributed by atoms with Crippen LogP contribution in [0.1, 0.15) is 34.3 Å². The Morgan fingerprint density at radius 2 is 2.00 bits per heavy atom. The van der Waals surface area contributed by atoms with Crippen LogP contribution in [0.3, 0.4) is 0 Å². The Labute approximate surface area is 126 Å². The van der Waals surface area contributed by atoms with Crippen molar-refractivity contribution in [3.8, 4) is 0 Å². The number of likely N-dealkylation sites (N-methyl/N-ethyl adjacent to an activating group) is 1. The molecule has 1 atom stereocenters. The monoisotopic (exact) mass is 288 g/mol. The highest BCUT2D eigenvalue weighted by atomic mass is 32.1. The van der Waals surface area contributed by atoms with Crippen LogP contribution in [0.4, 0.5) is 0 Å². The highest BCUT2D eigenvalue weighted by Crippen LogP contribution is 2.16. The molecule has 0 spiro atoms. The number of rotatable bonds is 6. The van der Waals surface area contributed by atoms with E-state index in [4.69, 9.17) is 0 Å². The van der Waals surface area contributed by atoms with E-state index < -0.39 is 0 Å². The molecule has 1 heterocycles. The van der Waals surface area contributed by atoms with E-state index in [9.17, 15) is 0 Å². The fourth-order valence-electron chi connectivity index (χ4n) is 2.55. The standard InChI is InChI=1S/C17H24N2S/c1-5-18-16(10-17-11-20-14(4)19-17)9-15-8-12(2)6-7-13(15)3/h6-8,11,16,18H,5,9-10H2,1-4H3. The Hall–Kier alpha value is -1.19. The van der Waals surface area contributed by atoms with Gasteiger partial charge in [0.1, 0.15) is 0 Å². The second kappa shape index (κ2) is 7.00. The Kier molecular flexibility index (Phi) is 5.32. The lowest BCUT2D eigenvalue weighted by atomic mass is 9.97. The van der Waals surface area contributed by atoms with E-state index >= 15 is 0 Å². The summed E-state index contributed by atoms with van der Waals surface area (Å²) in [6, 6.07) is 7.18. The summed E-state index contributed by atoms with van der Waals surface area (Å²) in [4.78, 5) is 4.59. The second-order valence-electron chi connectivity index (χ2n) is 5.45. The van der Waals surface area contributed by atoms with E-state index in [0.29, 0.717) is 6.04 Å². The van der Waals surface area contributed by atoms with E-state index in [1.165, 1.54) is 22.4 Å². The van der Waals surface area contributed by atoms with Gasteiger partial charge in [0, 0.05) is 17.8 Å². The highest BCUT2D eigenvalue weighted by Gasteiger charge is 2.12. The minimum absolute atomic E-state index is 0.460. The summed E-state index contributed by atoms with van der Waals surface area (Å²) >= 11 is 1.74. The first-order chi connectivity index (χ1) is 9.58. The molecule has 0 saturated heterocycles. The summed E-state index contributed by atoms with van der Waals surface area (Å²) < 4.78 is 0. The van der Waals surface area contributed by atoms with Crippen molar-refractivity contribution >= 4 is 11.3 Å². The molecule has 0 aliphatic rings. The Balaban J connectivity index is 2.10. The maximum atomic E-state index is 4.59. The van der Waals surface area contributed by atoms with Crippen molar-refractivity contribution in [3.63, 3.8) is 0 Å². The van der Waals surface area contributed by atoms with Gasteiger partial charge in [0.05, 0.1) is 10.7 Å². The summed E-state index contributed by atoms with van der Waals surface area (Å²) in [6.07, 6.45) is 2.07. The number of aromatic nitrogens is 1. The SMILES string of the molecule is CCNC(Cc1csc(C)n1)Cc1cc(C)ccc1C. The molecule has 1 N–H and O–H groups in total. The first kappa shape index (κ1) is 15.2. The van der Waals surface area contributed by atoms with Crippen molar-refractivity contribution in [2.75, 3.05) is 6.54 Å². The zero-order chi connectivity index (χ0) is 14.5. The predicted octanol–water partition coefficient (Wildman–Crippen LogP) is 3.83. The van der Waals surface area contributed by atoms with E-state index in [0.717, 1.165) is 24.4 Å². The van der Waals surface area contributed by atoms with Gasteiger partial charge in [-0.2, -0.15) is 0 Å². The van der Waals surface area contributed by atoms with Gasteiger partial charge in [0.15, 0.2) is 0 Å². The lowest BCUT2D eigenvalue weighted by Crippen LogP contribution is -2.33. The van der Waals surface area contributed by atoms with Crippen LogP contribution >= 0.6 is 11.3 Å². The Morgan fingerprint density at radius 1 is 1.20 bits per heavy atom. The van der Waals surface area contributed by atoms with E-state index in [-0.39, 0.29) is 0 Å². The molecule has 0 aliphatic carbocycles. The molecule has 0 fully saturated rings. The molecule has 1 aromatic carbocycles. The minimum Gasteiger partial charge on any atom is -0.314 e. The third-order valence-corrected chi connectivity index (χ3v) is 4.41. The first-order valence-electron chi connectivity index (χ1n) is 7.29. The fraction of sp³-hybridized carbons (Fsp3) is 0.471. The van der Waals surface area contributed by atoms with Gasteiger partial charge in [-0.25, -0.2) is 4.98 Å². The molecule has 1 aromatic heterocycles. The van der Waals surface area contributed by atoms with Crippen molar-refractivity contribution in [2.45, 2.75) is 46.6 Å². The third kappa shape index (κ3) is 4.15. The fourth-order valence-corrected chi connectivity index (χ4v) is 3.17. The summed E-state index contributed by atoms with van der Waals surface area (Å²) in [5.41, 5.74) is 5.38.